The van der Waals surface area contributed by atoms with E-state index in [0.29, 0.717) is 17.2 Å². The number of benzene rings is 4. The average molecular weight is 567 g/mol. The lowest BCUT2D eigenvalue weighted by Gasteiger charge is -2.09. The van der Waals surface area contributed by atoms with Gasteiger partial charge in [0.2, 0.25) is 18.4 Å². The molecule has 12 nitrogen and oxygen atoms in total. The average Bonchev–Trinajstić information content (AvgIpc) is 3.46. The summed E-state index contributed by atoms with van der Waals surface area (Å²) < 4.78 is 15.9. The second-order valence-corrected chi connectivity index (χ2v) is 8.90. The van der Waals surface area contributed by atoms with E-state index in [0.717, 1.165) is 11.8 Å². The molecule has 4 aromatic carbocycles. The van der Waals surface area contributed by atoms with Crippen LogP contribution >= 0.6 is 0 Å². The van der Waals surface area contributed by atoms with Gasteiger partial charge in [-0.1, -0.05) is 36.4 Å². The molecular formula is C30H22N4O8. The molecule has 0 atom stereocenters. The molecule has 0 fully saturated rings. The molecule has 0 aromatic heterocycles. The van der Waals surface area contributed by atoms with Crippen LogP contribution in [-0.4, -0.2) is 35.7 Å². The zero-order valence-electron chi connectivity index (χ0n) is 21.8. The van der Waals surface area contributed by atoms with Gasteiger partial charge >= 0.3 is 11.7 Å². The Balaban J connectivity index is 1.24. The molecule has 0 bridgehead atoms. The zero-order valence-corrected chi connectivity index (χ0v) is 21.8. The molecule has 2 N–H and O–H groups in total. The zero-order chi connectivity index (χ0) is 29.5. The number of rotatable bonds is 9. The van der Waals surface area contributed by atoms with Crippen LogP contribution in [0.5, 0.6) is 17.2 Å². The van der Waals surface area contributed by atoms with Gasteiger partial charge in [-0.05, 0) is 54.1 Å². The number of carbonyl (C=O) groups excluding carboxylic acids is 3. The minimum absolute atomic E-state index is 0.0137. The largest absolute Gasteiger partial charge is 0.454 e. The minimum Gasteiger partial charge on any atom is -0.454 e. The Kier molecular flexibility index (Phi) is 8.14. The van der Waals surface area contributed by atoms with Gasteiger partial charge in [-0.15, -0.1) is 0 Å². The van der Waals surface area contributed by atoms with E-state index in [2.05, 4.69) is 15.8 Å². The molecule has 4 aromatic rings. The van der Waals surface area contributed by atoms with Crippen molar-refractivity contribution < 1.29 is 33.5 Å². The van der Waals surface area contributed by atoms with Gasteiger partial charge < -0.3 is 19.5 Å². The molecular weight excluding hydrogens is 544 g/mol. The number of hydrazone groups is 1. The van der Waals surface area contributed by atoms with Crippen LogP contribution < -0.4 is 25.0 Å². The lowest BCUT2D eigenvalue weighted by molar-refractivity contribution is -0.385. The first-order valence-electron chi connectivity index (χ1n) is 12.5. The molecule has 0 saturated carbocycles. The fourth-order valence-electron chi connectivity index (χ4n) is 3.99. The molecule has 42 heavy (non-hydrogen) atoms. The van der Waals surface area contributed by atoms with Gasteiger partial charge in [-0.2, -0.15) is 5.10 Å². The summed E-state index contributed by atoms with van der Waals surface area (Å²) in [4.78, 5) is 48.6. The minimum atomic E-state index is -0.864. The summed E-state index contributed by atoms with van der Waals surface area (Å²) in [5.41, 5.74) is 3.67. The maximum Gasteiger partial charge on any atom is 0.343 e. The lowest BCUT2D eigenvalue weighted by Crippen LogP contribution is -2.18. The van der Waals surface area contributed by atoms with Gasteiger partial charge in [-0.3, -0.25) is 19.7 Å². The molecule has 0 radical (unpaired) electrons. The van der Waals surface area contributed by atoms with Crippen molar-refractivity contribution in [3.05, 3.63) is 123 Å². The fourth-order valence-corrected chi connectivity index (χ4v) is 3.99. The van der Waals surface area contributed by atoms with Crippen LogP contribution in [0.1, 0.15) is 31.8 Å². The van der Waals surface area contributed by atoms with E-state index in [1.807, 2.05) is 30.3 Å². The quantitative estimate of drug-likeness (QED) is 0.0986. The number of para-hydroxylation sites is 1. The second-order valence-electron chi connectivity index (χ2n) is 8.90. The molecule has 0 unspecified atom stereocenters. The second kappa shape index (κ2) is 12.4. The summed E-state index contributed by atoms with van der Waals surface area (Å²) >= 11 is 0. The van der Waals surface area contributed by atoms with Crippen LogP contribution in [0.2, 0.25) is 0 Å². The van der Waals surface area contributed by atoms with Crippen molar-refractivity contribution in [1.82, 2.24) is 5.43 Å². The van der Waals surface area contributed by atoms with Crippen LogP contribution in [-0.2, 0) is 11.2 Å². The summed E-state index contributed by atoms with van der Waals surface area (Å²) in [6.45, 7) is 0.0137. The van der Waals surface area contributed by atoms with E-state index < -0.39 is 22.5 Å². The number of nitrogens with zero attached hydrogens (tertiary/aromatic N) is 2. The first-order chi connectivity index (χ1) is 20.4. The highest BCUT2D eigenvalue weighted by molar-refractivity contribution is 5.98. The third-order valence-corrected chi connectivity index (χ3v) is 6.03. The summed E-state index contributed by atoms with van der Waals surface area (Å²) in [6.07, 6.45) is 1.34. The van der Waals surface area contributed by atoms with E-state index >= 15 is 0 Å². The van der Waals surface area contributed by atoms with Crippen molar-refractivity contribution in [1.29, 1.82) is 0 Å². The molecule has 1 heterocycles. The van der Waals surface area contributed by atoms with Crippen molar-refractivity contribution in [3.8, 4) is 17.2 Å². The van der Waals surface area contributed by atoms with Crippen molar-refractivity contribution in [2.75, 3.05) is 12.1 Å². The number of ether oxygens (including phenoxy) is 3. The van der Waals surface area contributed by atoms with E-state index in [1.165, 1.54) is 48.5 Å². The monoisotopic (exact) mass is 566 g/mol. The molecule has 2 amide bonds. The number of nitro groups is 1. The highest BCUT2D eigenvalue weighted by Crippen LogP contribution is 2.34. The predicted molar refractivity (Wildman–Crippen MR) is 151 cm³/mol. The number of nitro benzene ring substituents is 1. The summed E-state index contributed by atoms with van der Waals surface area (Å²) in [5.74, 6) is -1.17. The third-order valence-electron chi connectivity index (χ3n) is 6.03. The molecule has 5 rings (SSSR count). The number of carbonyl (C=O) groups is 3. The van der Waals surface area contributed by atoms with E-state index in [-0.39, 0.29) is 41.6 Å². The van der Waals surface area contributed by atoms with Crippen LogP contribution in [0.25, 0.3) is 0 Å². The van der Waals surface area contributed by atoms with Crippen LogP contribution in [0.4, 0.5) is 11.4 Å². The van der Waals surface area contributed by atoms with Crippen molar-refractivity contribution in [2.24, 2.45) is 5.10 Å². The highest BCUT2D eigenvalue weighted by Gasteiger charge is 2.24. The number of esters is 1. The third kappa shape index (κ3) is 6.57. The maximum absolute atomic E-state index is 12.8. The summed E-state index contributed by atoms with van der Waals surface area (Å²) in [6, 6.07) is 23.9. The van der Waals surface area contributed by atoms with Crippen LogP contribution in [0.3, 0.4) is 0 Å². The van der Waals surface area contributed by atoms with Gasteiger partial charge in [0.1, 0.15) is 0 Å². The van der Waals surface area contributed by atoms with E-state index in [9.17, 15) is 24.5 Å². The molecule has 12 heteroatoms. The number of hydrogen-bond acceptors (Lipinski definition) is 9. The highest BCUT2D eigenvalue weighted by atomic mass is 16.7. The number of fused-ring (bicyclic) bond motifs is 1. The number of amides is 2. The van der Waals surface area contributed by atoms with Gasteiger partial charge in [0.15, 0.2) is 11.5 Å². The van der Waals surface area contributed by atoms with Gasteiger partial charge in [0.05, 0.1) is 23.1 Å². The predicted octanol–water partition coefficient (Wildman–Crippen LogP) is 4.49. The normalized spacial score (nSPS) is 11.6. The van der Waals surface area contributed by atoms with Crippen molar-refractivity contribution >= 4 is 35.4 Å². The Labute approximate surface area is 238 Å². The number of nitrogens with one attached hydrogen (secondary N) is 2. The Hall–Kier alpha value is -6.04. The van der Waals surface area contributed by atoms with Gasteiger partial charge in [-0.25, -0.2) is 10.2 Å². The van der Waals surface area contributed by atoms with Crippen molar-refractivity contribution in [3.63, 3.8) is 0 Å². The Morgan fingerprint density at radius 2 is 1.64 bits per heavy atom. The first-order valence-corrected chi connectivity index (χ1v) is 12.5. The van der Waals surface area contributed by atoms with Crippen LogP contribution in [0.15, 0.2) is 96.1 Å². The smallest absolute Gasteiger partial charge is 0.343 e. The molecule has 1 aliphatic heterocycles. The van der Waals surface area contributed by atoms with Gasteiger partial charge in [0.25, 0.3) is 5.91 Å². The number of anilines is 1. The Morgan fingerprint density at radius 1 is 0.905 bits per heavy atom. The summed E-state index contributed by atoms with van der Waals surface area (Å²) in [7, 11) is 0. The molecule has 1 aliphatic rings. The number of hydrogen-bond donors (Lipinski definition) is 2. The lowest BCUT2D eigenvalue weighted by atomic mass is 10.1. The Morgan fingerprint density at radius 3 is 2.40 bits per heavy atom. The summed E-state index contributed by atoms with van der Waals surface area (Å²) in [5, 5.41) is 18.3. The van der Waals surface area contributed by atoms with E-state index in [4.69, 9.17) is 14.2 Å². The fraction of sp³-hybridized carbons (Fsp3) is 0.0667. The topological polar surface area (TPSA) is 158 Å². The molecule has 0 spiro atoms. The molecule has 0 aliphatic carbocycles. The standard InChI is InChI=1S/C30H22N4O8/c35-27(15-19-5-2-1-3-6-19)32-23-12-9-20(10-13-23)29(36)33-31-17-22-7-4-8-24(34(38)39)28(22)42-30(37)21-11-14-25-26(16-21)41-18-40-25/h1-14,16-17H,15,18H2,(H,32,35)(H,33,36)/b31-17+. The maximum atomic E-state index is 12.8. The van der Waals surface area contributed by atoms with Crippen LogP contribution in [0, 0.1) is 10.1 Å². The van der Waals surface area contributed by atoms with Crippen molar-refractivity contribution in [2.45, 2.75) is 6.42 Å². The molecule has 210 valence electrons. The first kappa shape index (κ1) is 27.5. The van der Waals surface area contributed by atoms with E-state index in [1.54, 1.807) is 12.1 Å². The van der Waals surface area contributed by atoms with Gasteiger partial charge in [0, 0.05) is 22.9 Å². The Bertz CT molecular complexity index is 1690. The molecule has 0 saturated heterocycles. The SMILES string of the molecule is O=C(Cc1ccccc1)Nc1ccc(C(=O)N/N=C/c2cccc([N+](=O)[O-])c2OC(=O)c2ccc3c(c2)OCO3)cc1.